The molecule has 2 atom stereocenters. The first kappa shape index (κ1) is 17.4. The maximum absolute atomic E-state index is 12.3. The molecule has 1 aliphatic heterocycles. The van der Waals surface area contributed by atoms with E-state index in [1.54, 1.807) is 0 Å². The molecular weight excluding hydrogens is 250 g/mol. The average Bonchev–Trinajstić information content (AvgIpc) is 2.71. The third-order valence-electron chi connectivity index (χ3n) is 4.77. The van der Waals surface area contributed by atoms with E-state index in [0.29, 0.717) is 13.0 Å². The van der Waals surface area contributed by atoms with Gasteiger partial charge in [0, 0.05) is 32.1 Å². The zero-order valence-electron chi connectivity index (χ0n) is 13.6. The lowest BCUT2D eigenvalue weighted by molar-refractivity contribution is -0.132. The molecule has 2 N–H and O–H groups in total. The topological polar surface area (TPSA) is 49.6 Å². The Labute approximate surface area is 124 Å². The monoisotopic (exact) mass is 283 g/mol. The van der Waals surface area contributed by atoms with Crippen molar-refractivity contribution in [2.24, 2.45) is 11.7 Å². The molecule has 0 saturated carbocycles. The Balaban J connectivity index is 2.54. The van der Waals surface area contributed by atoms with Gasteiger partial charge in [-0.25, -0.2) is 0 Å². The molecule has 0 bridgehead atoms. The zero-order valence-corrected chi connectivity index (χ0v) is 13.6. The van der Waals surface area contributed by atoms with Gasteiger partial charge in [-0.3, -0.25) is 9.69 Å². The molecule has 1 fully saturated rings. The van der Waals surface area contributed by atoms with Gasteiger partial charge in [0.15, 0.2) is 0 Å². The van der Waals surface area contributed by atoms with Crippen molar-refractivity contribution in [3.05, 3.63) is 0 Å². The lowest BCUT2D eigenvalue weighted by atomic mass is 9.98. The van der Waals surface area contributed by atoms with E-state index in [-0.39, 0.29) is 11.9 Å². The molecule has 4 heteroatoms. The lowest BCUT2D eigenvalue weighted by Crippen LogP contribution is -2.45. The number of amides is 1. The number of hydrogen-bond acceptors (Lipinski definition) is 3. The van der Waals surface area contributed by atoms with Crippen LogP contribution in [-0.4, -0.2) is 54.5 Å². The summed E-state index contributed by atoms with van der Waals surface area (Å²) in [5.74, 6) is 1.11. The van der Waals surface area contributed by atoms with Gasteiger partial charge in [0.2, 0.25) is 5.91 Å². The van der Waals surface area contributed by atoms with Crippen molar-refractivity contribution in [2.75, 3.05) is 32.7 Å². The van der Waals surface area contributed by atoms with Crippen LogP contribution in [0.15, 0.2) is 0 Å². The smallest absolute Gasteiger partial charge is 0.224 e. The van der Waals surface area contributed by atoms with E-state index in [2.05, 4.69) is 11.8 Å². The first-order valence-corrected chi connectivity index (χ1v) is 8.38. The van der Waals surface area contributed by atoms with Crippen molar-refractivity contribution >= 4 is 5.91 Å². The van der Waals surface area contributed by atoms with Crippen LogP contribution < -0.4 is 5.73 Å². The van der Waals surface area contributed by atoms with Gasteiger partial charge in [0.05, 0.1) is 0 Å². The molecule has 1 amide bonds. The second-order valence-corrected chi connectivity index (χ2v) is 5.90. The number of likely N-dealkylation sites (tertiary alicyclic amines) is 1. The minimum absolute atomic E-state index is 0.221. The Morgan fingerprint density at radius 2 is 1.95 bits per heavy atom. The van der Waals surface area contributed by atoms with Crippen molar-refractivity contribution in [1.29, 1.82) is 0 Å². The highest BCUT2D eigenvalue weighted by molar-refractivity contribution is 5.76. The highest BCUT2D eigenvalue weighted by atomic mass is 16.2. The van der Waals surface area contributed by atoms with E-state index in [0.717, 1.165) is 32.1 Å². The van der Waals surface area contributed by atoms with Crippen LogP contribution in [0.2, 0.25) is 0 Å². The summed E-state index contributed by atoms with van der Waals surface area (Å²) in [6, 6.07) is 0.221. The third-order valence-corrected chi connectivity index (χ3v) is 4.77. The van der Waals surface area contributed by atoms with Crippen LogP contribution in [0.25, 0.3) is 0 Å². The highest BCUT2D eigenvalue weighted by Gasteiger charge is 2.24. The Morgan fingerprint density at radius 3 is 2.50 bits per heavy atom. The van der Waals surface area contributed by atoms with Crippen LogP contribution in [-0.2, 0) is 4.79 Å². The molecule has 4 nitrogen and oxygen atoms in total. The SMILES string of the molecule is CCC1CCCN(C(CN)CC(=O)N(CC)CC)CC1. The van der Waals surface area contributed by atoms with E-state index in [9.17, 15) is 4.79 Å². The second kappa shape index (κ2) is 9.35. The fourth-order valence-corrected chi connectivity index (χ4v) is 3.23. The molecule has 0 aliphatic carbocycles. The molecule has 0 aromatic heterocycles. The second-order valence-electron chi connectivity index (χ2n) is 5.90. The molecule has 1 heterocycles. The molecule has 1 saturated heterocycles. The van der Waals surface area contributed by atoms with Gasteiger partial charge < -0.3 is 10.6 Å². The summed E-state index contributed by atoms with van der Waals surface area (Å²) < 4.78 is 0. The maximum Gasteiger partial charge on any atom is 0.224 e. The van der Waals surface area contributed by atoms with E-state index in [4.69, 9.17) is 5.73 Å². The van der Waals surface area contributed by atoms with Gasteiger partial charge in [0.25, 0.3) is 0 Å². The molecule has 118 valence electrons. The van der Waals surface area contributed by atoms with Crippen molar-refractivity contribution in [2.45, 2.75) is 58.9 Å². The molecule has 2 unspecified atom stereocenters. The predicted molar refractivity (Wildman–Crippen MR) is 84.6 cm³/mol. The Morgan fingerprint density at radius 1 is 1.25 bits per heavy atom. The van der Waals surface area contributed by atoms with E-state index in [1.165, 1.54) is 25.7 Å². The van der Waals surface area contributed by atoms with Crippen molar-refractivity contribution in [1.82, 2.24) is 9.80 Å². The van der Waals surface area contributed by atoms with Crippen LogP contribution in [0.4, 0.5) is 0 Å². The molecule has 0 aromatic rings. The van der Waals surface area contributed by atoms with Crippen LogP contribution >= 0.6 is 0 Å². The summed E-state index contributed by atoms with van der Waals surface area (Å²) in [6.45, 7) is 10.7. The van der Waals surface area contributed by atoms with E-state index < -0.39 is 0 Å². The van der Waals surface area contributed by atoms with E-state index in [1.807, 2.05) is 18.7 Å². The molecule has 0 spiro atoms. The minimum atomic E-state index is 0.221. The van der Waals surface area contributed by atoms with Gasteiger partial charge in [-0.05, 0) is 52.1 Å². The van der Waals surface area contributed by atoms with Gasteiger partial charge in [-0.2, -0.15) is 0 Å². The summed E-state index contributed by atoms with van der Waals surface area (Å²) in [4.78, 5) is 16.6. The van der Waals surface area contributed by atoms with Gasteiger partial charge >= 0.3 is 0 Å². The van der Waals surface area contributed by atoms with Crippen molar-refractivity contribution in [3.8, 4) is 0 Å². The van der Waals surface area contributed by atoms with Crippen LogP contribution in [0.1, 0.15) is 52.9 Å². The summed E-state index contributed by atoms with van der Waals surface area (Å²) in [5.41, 5.74) is 5.94. The Hall–Kier alpha value is -0.610. The normalized spacial score (nSPS) is 22.3. The number of nitrogens with zero attached hydrogens (tertiary/aromatic N) is 2. The Kier molecular flexibility index (Phi) is 8.15. The number of rotatable bonds is 7. The predicted octanol–water partition coefficient (Wildman–Crippen LogP) is 2.08. The van der Waals surface area contributed by atoms with Crippen LogP contribution in [0.3, 0.4) is 0 Å². The van der Waals surface area contributed by atoms with Gasteiger partial charge in [-0.15, -0.1) is 0 Å². The average molecular weight is 283 g/mol. The quantitative estimate of drug-likeness (QED) is 0.778. The first-order valence-electron chi connectivity index (χ1n) is 8.38. The molecule has 1 rings (SSSR count). The number of nitrogens with two attached hydrogens (primary N) is 1. The fraction of sp³-hybridized carbons (Fsp3) is 0.938. The largest absolute Gasteiger partial charge is 0.343 e. The summed E-state index contributed by atoms with van der Waals surface area (Å²) >= 11 is 0. The highest BCUT2D eigenvalue weighted by Crippen LogP contribution is 2.22. The third kappa shape index (κ3) is 5.06. The summed E-state index contributed by atoms with van der Waals surface area (Å²) in [7, 11) is 0. The number of carbonyl (C=O) groups is 1. The maximum atomic E-state index is 12.3. The summed E-state index contributed by atoms with van der Waals surface area (Å²) in [5, 5.41) is 0. The molecule has 1 aliphatic rings. The lowest BCUT2D eigenvalue weighted by Gasteiger charge is -2.31. The van der Waals surface area contributed by atoms with Crippen LogP contribution in [0.5, 0.6) is 0 Å². The summed E-state index contributed by atoms with van der Waals surface area (Å²) in [6.07, 6.45) is 5.68. The van der Waals surface area contributed by atoms with Gasteiger partial charge in [0.1, 0.15) is 0 Å². The molecule has 20 heavy (non-hydrogen) atoms. The fourth-order valence-electron chi connectivity index (χ4n) is 3.23. The Bertz CT molecular complexity index is 279. The standard InChI is InChI=1S/C16H33N3O/c1-4-14-8-7-10-19(11-9-14)15(13-17)12-16(20)18(5-2)6-3/h14-15H,4-13,17H2,1-3H3. The molecular formula is C16H33N3O. The molecule has 0 radical (unpaired) electrons. The van der Waals surface area contributed by atoms with Gasteiger partial charge in [-0.1, -0.05) is 13.3 Å². The van der Waals surface area contributed by atoms with Crippen molar-refractivity contribution < 1.29 is 4.79 Å². The molecule has 0 aromatic carbocycles. The number of hydrogen-bond donors (Lipinski definition) is 1. The minimum Gasteiger partial charge on any atom is -0.343 e. The van der Waals surface area contributed by atoms with Crippen LogP contribution in [0, 0.1) is 5.92 Å². The number of carbonyl (C=O) groups excluding carboxylic acids is 1. The first-order chi connectivity index (χ1) is 9.65. The zero-order chi connectivity index (χ0) is 15.0. The van der Waals surface area contributed by atoms with E-state index >= 15 is 0 Å². The van der Waals surface area contributed by atoms with Crippen molar-refractivity contribution in [3.63, 3.8) is 0 Å².